The van der Waals surface area contributed by atoms with Crippen LogP contribution in [0, 0.1) is 0 Å². The molecule has 2 N–H and O–H groups in total. The topological polar surface area (TPSA) is 60.2 Å². The molecule has 1 rings (SSSR count). The molecule has 5 heteroatoms. The van der Waals surface area contributed by atoms with Gasteiger partial charge >= 0.3 is 0 Å². The minimum Gasteiger partial charge on any atom is -0.368 e. The summed E-state index contributed by atoms with van der Waals surface area (Å²) in [5.74, 6) is -0.661. The number of benzene rings is 1. The first kappa shape index (κ1) is 11.0. The zero-order valence-corrected chi connectivity index (χ0v) is 8.55. The van der Waals surface area contributed by atoms with E-state index in [1.54, 1.807) is 12.1 Å². The van der Waals surface area contributed by atoms with Gasteiger partial charge in [-0.3, -0.25) is 9.59 Å². The third-order valence-electron chi connectivity index (χ3n) is 1.66. The van der Waals surface area contributed by atoms with E-state index in [1.165, 1.54) is 12.1 Å². The van der Waals surface area contributed by atoms with Gasteiger partial charge in [-0.2, -0.15) is 0 Å². The lowest BCUT2D eigenvalue weighted by Gasteiger charge is -2.05. The predicted octanol–water partition coefficient (Wildman–Crippen LogP) is 1.83. The molecule has 0 aliphatic heterocycles. The molecule has 1 unspecified atom stereocenters. The van der Waals surface area contributed by atoms with Crippen molar-refractivity contribution in [2.75, 3.05) is 0 Å². The molecular weight excluding hydrogens is 225 g/mol. The number of carbonyl (C=O) groups excluding carboxylic acids is 2. The van der Waals surface area contributed by atoms with Crippen molar-refractivity contribution in [1.29, 1.82) is 0 Å². The number of hydrogen-bond donors (Lipinski definition) is 1. The summed E-state index contributed by atoms with van der Waals surface area (Å²) in [6.07, 6.45) is 0. The van der Waals surface area contributed by atoms with E-state index in [0.29, 0.717) is 5.56 Å². The lowest BCUT2D eigenvalue weighted by molar-refractivity contribution is -0.117. The van der Waals surface area contributed by atoms with Crippen molar-refractivity contribution in [3.8, 4) is 0 Å². The molecule has 14 heavy (non-hydrogen) atoms. The van der Waals surface area contributed by atoms with Crippen LogP contribution in [-0.2, 0) is 4.79 Å². The van der Waals surface area contributed by atoms with E-state index in [1.807, 2.05) is 0 Å². The van der Waals surface area contributed by atoms with Crippen LogP contribution in [0.3, 0.4) is 0 Å². The number of primary amides is 1. The monoisotopic (exact) mass is 231 g/mol. The van der Waals surface area contributed by atoms with Gasteiger partial charge in [-0.1, -0.05) is 18.2 Å². The standard InChI is InChI=1S/C9H7Cl2NO2/c10-7(9(12)14)5-2-1-3-6(4-5)8(11)13/h1-4,7H,(H2,12,14). The fourth-order valence-corrected chi connectivity index (χ4v) is 1.24. The lowest BCUT2D eigenvalue weighted by atomic mass is 10.1. The minimum absolute atomic E-state index is 0.288. The molecule has 0 aromatic heterocycles. The second kappa shape index (κ2) is 4.44. The quantitative estimate of drug-likeness (QED) is 0.638. The average molecular weight is 232 g/mol. The first-order valence-corrected chi connectivity index (χ1v) is 4.57. The summed E-state index contributed by atoms with van der Waals surface area (Å²) in [5.41, 5.74) is 5.76. The molecule has 0 bridgehead atoms. The maximum Gasteiger partial charge on any atom is 0.252 e. The predicted molar refractivity (Wildman–Crippen MR) is 54.4 cm³/mol. The van der Waals surface area contributed by atoms with E-state index in [9.17, 15) is 9.59 Å². The van der Waals surface area contributed by atoms with Gasteiger partial charge in [-0.05, 0) is 23.2 Å². The van der Waals surface area contributed by atoms with Gasteiger partial charge in [0.05, 0.1) is 0 Å². The van der Waals surface area contributed by atoms with Gasteiger partial charge in [0, 0.05) is 5.56 Å². The van der Waals surface area contributed by atoms with Gasteiger partial charge in [0.2, 0.25) is 5.91 Å². The highest BCUT2D eigenvalue weighted by molar-refractivity contribution is 6.67. The highest BCUT2D eigenvalue weighted by Crippen LogP contribution is 2.21. The molecule has 0 aliphatic carbocycles. The number of amides is 1. The van der Waals surface area contributed by atoms with Crippen molar-refractivity contribution in [2.24, 2.45) is 5.73 Å². The highest BCUT2D eigenvalue weighted by atomic mass is 35.5. The van der Waals surface area contributed by atoms with Crippen molar-refractivity contribution < 1.29 is 9.59 Å². The van der Waals surface area contributed by atoms with Crippen LogP contribution < -0.4 is 5.73 Å². The number of halogens is 2. The smallest absolute Gasteiger partial charge is 0.252 e. The van der Waals surface area contributed by atoms with E-state index in [4.69, 9.17) is 28.9 Å². The van der Waals surface area contributed by atoms with Crippen LogP contribution in [0.25, 0.3) is 0 Å². The van der Waals surface area contributed by atoms with Gasteiger partial charge in [-0.25, -0.2) is 0 Å². The summed E-state index contributed by atoms with van der Waals surface area (Å²) in [6, 6.07) is 6.16. The number of rotatable bonds is 3. The highest BCUT2D eigenvalue weighted by Gasteiger charge is 2.15. The molecule has 0 saturated heterocycles. The van der Waals surface area contributed by atoms with E-state index in [0.717, 1.165) is 0 Å². The van der Waals surface area contributed by atoms with Gasteiger partial charge in [0.15, 0.2) is 0 Å². The van der Waals surface area contributed by atoms with Crippen molar-refractivity contribution in [1.82, 2.24) is 0 Å². The Kier molecular flexibility index (Phi) is 3.49. The van der Waals surface area contributed by atoms with Crippen LogP contribution in [0.5, 0.6) is 0 Å². The van der Waals surface area contributed by atoms with Crippen molar-refractivity contribution in [2.45, 2.75) is 5.38 Å². The van der Waals surface area contributed by atoms with E-state index in [-0.39, 0.29) is 5.56 Å². The van der Waals surface area contributed by atoms with Crippen LogP contribution in [0.4, 0.5) is 0 Å². The third kappa shape index (κ3) is 2.47. The summed E-state index contributed by atoms with van der Waals surface area (Å²) in [6.45, 7) is 0. The van der Waals surface area contributed by atoms with Crippen LogP contribution in [0.15, 0.2) is 24.3 Å². The Morgan fingerprint density at radius 2 is 2.00 bits per heavy atom. The third-order valence-corrected chi connectivity index (χ3v) is 2.34. The van der Waals surface area contributed by atoms with Crippen LogP contribution in [0.2, 0.25) is 0 Å². The van der Waals surface area contributed by atoms with E-state index in [2.05, 4.69) is 0 Å². The molecule has 1 amide bonds. The molecule has 0 heterocycles. The number of hydrogen-bond acceptors (Lipinski definition) is 2. The maximum atomic E-state index is 10.8. The summed E-state index contributed by atoms with van der Waals surface area (Å²) in [4.78, 5) is 21.5. The first-order chi connectivity index (χ1) is 6.52. The molecule has 0 aliphatic rings. The fourth-order valence-electron chi connectivity index (χ4n) is 0.983. The zero-order valence-electron chi connectivity index (χ0n) is 7.04. The Bertz CT molecular complexity index is 379. The second-order valence-electron chi connectivity index (χ2n) is 2.66. The summed E-state index contributed by atoms with van der Waals surface area (Å²) >= 11 is 11.0. The lowest BCUT2D eigenvalue weighted by Crippen LogP contribution is -2.17. The van der Waals surface area contributed by atoms with E-state index < -0.39 is 16.5 Å². The molecular formula is C9H7Cl2NO2. The minimum atomic E-state index is -0.939. The largest absolute Gasteiger partial charge is 0.368 e. The Hall–Kier alpha value is -1.06. The number of nitrogens with two attached hydrogens (primary N) is 1. The molecule has 0 fully saturated rings. The molecule has 0 radical (unpaired) electrons. The van der Waals surface area contributed by atoms with Crippen LogP contribution in [0.1, 0.15) is 21.3 Å². The summed E-state index contributed by atoms with van der Waals surface area (Å²) in [7, 11) is 0. The number of carbonyl (C=O) groups is 2. The van der Waals surface area contributed by atoms with E-state index >= 15 is 0 Å². The molecule has 1 aromatic rings. The fraction of sp³-hybridized carbons (Fsp3) is 0.111. The Morgan fingerprint density at radius 3 is 2.50 bits per heavy atom. The van der Waals surface area contributed by atoms with Gasteiger partial charge in [0.25, 0.3) is 5.24 Å². The number of alkyl halides is 1. The molecule has 74 valence electrons. The van der Waals surface area contributed by atoms with Crippen molar-refractivity contribution >= 4 is 34.4 Å². The maximum absolute atomic E-state index is 10.8. The normalized spacial score (nSPS) is 12.1. The molecule has 3 nitrogen and oxygen atoms in total. The molecule has 0 spiro atoms. The molecule has 1 aromatic carbocycles. The second-order valence-corrected chi connectivity index (χ2v) is 3.44. The average Bonchev–Trinajstić information content (AvgIpc) is 2.16. The van der Waals surface area contributed by atoms with Gasteiger partial charge < -0.3 is 5.73 Å². The van der Waals surface area contributed by atoms with Gasteiger partial charge in [-0.15, -0.1) is 11.6 Å². The first-order valence-electron chi connectivity index (χ1n) is 3.75. The van der Waals surface area contributed by atoms with Crippen molar-refractivity contribution in [3.63, 3.8) is 0 Å². The zero-order chi connectivity index (χ0) is 10.7. The van der Waals surface area contributed by atoms with Crippen LogP contribution >= 0.6 is 23.2 Å². The molecule has 1 atom stereocenters. The van der Waals surface area contributed by atoms with Gasteiger partial charge in [0.1, 0.15) is 5.38 Å². The molecule has 0 saturated carbocycles. The Labute approximate surface area is 90.8 Å². The van der Waals surface area contributed by atoms with Crippen molar-refractivity contribution in [3.05, 3.63) is 35.4 Å². The Balaban J connectivity index is 3.05. The Morgan fingerprint density at radius 1 is 1.36 bits per heavy atom. The summed E-state index contributed by atoms with van der Waals surface area (Å²) < 4.78 is 0. The SMILES string of the molecule is NC(=O)C(Cl)c1cccc(C(=O)Cl)c1. The summed E-state index contributed by atoms with van der Waals surface area (Å²) in [5, 5.41) is -1.54. The van der Waals surface area contributed by atoms with Crippen LogP contribution in [-0.4, -0.2) is 11.1 Å².